The molecule has 0 fully saturated rings. The van der Waals surface area contributed by atoms with Crippen LogP contribution >= 0.6 is 11.8 Å². The molecule has 31 heavy (non-hydrogen) atoms. The van der Waals surface area contributed by atoms with Gasteiger partial charge in [0.2, 0.25) is 0 Å². The molecule has 0 aliphatic heterocycles. The van der Waals surface area contributed by atoms with Gasteiger partial charge >= 0.3 is 0 Å². The SMILES string of the molecule is OC(c1ccccc1)(c1ccccc1)[C@@H](Sc1ccccc1)n1nnc2ccccc21. The molecule has 152 valence electrons. The second kappa shape index (κ2) is 8.38. The van der Waals surface area contributed by atoms with E-state index in [2.05, 4.69) is 10.3 Å². The predicted octanol–water partition coefficient (Wildman–Crippen LogP) is 5.66. The number of hydrogen-bond acceptors (Lipinski definition) is 4. The Morgan fingerprint density at radius 1 is 0.677 bits per heavy atom. The molecular formula is C26H21N3OS. The summed E-state index contributed by atoms with van der Waals surface area (Å²) in [6, 6.07) is 37.5. The lowest BCUT2D eigenvalue weighted by atomic mass is 9.86. The molecular weight excluding hydrogens is 402 g/mol. The van der Waals surface area contributed by atoms with Crippen LogP contribution in [0.25, 0.3) is 11.0 Å². The summed E-state index contributed by atoms with van der Waals surface area (Å²) in [5, 5.41) is 20.9. The second-order valence-corrected chi connectivity index (χ2v) is 8.46. The van der Waals surface area contributed by atoms with Crippen LogP contribution in [0.3, 0.4) is 0 Å². The molecule has 0 radical (unpaired) electrons. The number of hydrogen-bond donors (Lipinski definition) is 1. The Hall–Kier alpha value is -3.41. The van der Waals surface area contributed by atoms with E-state index in [-0.39, 0.29) is 0 Å². The van der Waals surface area contributed by atoms with E-state index in [1.807, 2.05) is 120 Å². The molecule has 0 aliphatic carbocycles. The van der Waals surface area contributed by atoms with Crippen molar-refractivity contribution < 1.29 is 5.11 Å². The molecule has 0 saturated carbocycles. The van der Waals surface area contributed by atoms with Crippen LogP contribution in [0.1, 0.15) is 16.5 Å². The first-order valence-corrected chi connectivity index (χ1v) is 11.0. The summed E-state index contributed by atoms with van der Waals surface area (Å²) in [5.41, 5.74) is 1.92. The lowest BCUT2D eigenvalue weighted by Crippen LogP contribution is -2.37. The van der Waals surface area contributed by atoms with Gasteiger partial charge in [-0.1, -0.05) is 108 Å². The minimum atomic E-state index is -1.35. The van der Waals surface area contributed by atoms with Crippen molar-refractivity contribution in [2.45, 2.75) is 15.9 Å². The Kier molecular flexibility index (Phi) is 5.28. The molecule has 1 aromatic heterocycles. The number of nitrogens with zero attached hydrogens (tertiary/aromatic N) is 3. The highest BCUT2D eigenvalue weighted by molar-refractivity contribution is 7.99. The number of aliphatic hydroxyl groups is 1. The van der Waals surface area contributed by atoms with Crippen LogP contribution < -0.4 is 0 Å². The summed E-state index contributed by atoms with van der Waals surface area (Å²) < 4.78 is 1.84. The summed E-state index contributed by atoms with van der Waals surface area (Å²) in [4.78, 5) is 1.04. The topological polar surface area (TPSA) is 50.9 Å². The van der Waals surface area contributed by atoms with Gasteiger partial charge in [0.1, 0.15) is 16.5 Å². The third-order valence-electron chi connectivity index (χ3n) is 5.38. The number of rotatable bonds is 6. The number of aromatic nitrogens is 3. The molecule has 5 rings (SSSR count). The average molecular weight is 424 g/mol. The molecule has 0 aliphatic rings. The fourth-order valence-electron chi connectivity index (χ4n) is 3.84. The Bertz CT molecular complexity index is 1230. The minimum absolute atomic E-state index is 0.493. The van der Waals surface area contributed by atoms with Crippen LogP contribution in [0, 0.1) is 0 Å². The van der Waals surface area contributed by atoms with E-state index in [4.69, 9.17) is 0 Å². The van der Waals surface area contributed by atoms with Crippen molar-refractivity contribution in [3.63, 3.8) is 0 Å². The van der Waals surface area contributed by atoms with Crippen molar-refractivity contribution in [3.8, 4) is 0 Å². The van der Waals surface area contributed by atoms with Crippen LogP contribution in [-0.4, -0.2) is 20.1 Å². The van der Waals surface area contributed by atoms with Gasteiger partial charge < -0.3 is 5.11 Å². The van der Waals surface area contributed by atoms with Gasteiger partial charge in [0.05, 0.1) is 5.52 Å². The van der Waals surface area contributed by atoms with E-state index >= 15 is 0 Å². The van der Waals surface area contributed by atoms with Crippen LogP contribution in [0.4, 0.5) is 0 Å². The van der Waals surface area contributed by atoms with E-state index < -0.39 is 11.0 Å². The van der Waals surface area contributed by atoms with Crippen molar-refractivity contribution in [2.75, 3.05) is 0 Å². The molecule has 4 nitrogen and oxygen atoms in total. The van der Waals surface area contributed by atoms with Gasteiger partial charge in [0.15, 0.2) is 0 Å². The van der Waals surface area contributed by atoms with Crippen LogP contribution in [0.2, 0.25) is 0 Å². The monoisotopic (exact) mass is 423 g/mol. The van der Waals surface area contributed by atoms with Crippen LogP contribution in [-0.2, 0) is 5.60 Å². The zero-order chi connectivity index (χ0) is 21.1. The van der Waals surface area contributed by atoms with Crippen molar-refractivity contribution in [2.24, 2.45) is 0 Å². The summed E-state index contributed by atoms with van der Waals surface area (Å²) in [7, 11) is 0. The van der Waals surface area contributed by atoms with Gasteiger partial charge in [-0.15, -0.1) is 5.10 Å². The molecule has 1 atom stereocenters. The highest BCUT2D eigenvalue weighted by Gasteiger charge is 2.43. The normalized spacial score (nSPS) is 12.7. The fourth-order valence-corrected chi connectivity index (χ4v) is 5.11. The molecule has 1 heterocycles. The van der Waals surface area contributed by atoms with E-state index in [9.17, 15) is 5.11 Å². The lowest BCUT2D eigenvalue weighted by Gasteiger charge is -2.37. The number of benzene rings is 4. The Labute approximate surface area is 185 Å². The zero-order valence-corrected chi connectivity index (χ0v) is 17.6. The zero-order valence-electron chi connectivity index (χ0n) is 16.7. The van der Waals surface area contributed by atoms with Crippen LogP contribution in [0.15, 0.2) is 120 Å². The largest absolute Gasteiger partial charge is 0.377 e. The molecule has 5 aromatic rings. The molecule has 0 spiro atoms. The molecule has 0 unspecified atom stereocenters. The van der Waals surface area contributed by atoms with Crippen LogP contribution in [0.5, 0.6) is 0 Å². The van der Waals surface area contributed by atoms with E-state index in [0.717, 1.165) is 27.1 Å². The summed E-state index contributed by atoms with van der Waals surface area (Å²) in [5.74, 6) is 0. The van der Waals surface area contributed by atoms with E-state index in [1.165, 1.54) is 0 Å². The first kappa shape index (κ1) is 19.5. The Morgan fingerprint density at radius 2 is 1.19 bits per heavy atom. The van der Waals surface area contributed by atoms with Crippen molar-refractivity contribution in [1.82, 2.24) is 15.0 Å². The third-order valence-corrected chi connectivity index (χ3v) is 6.68. The standard InChI is InChI=1S/C26H21N3OS/c30-26(20-12-4-1-5-13-20,21-14-6-2-7-15-21)25(31-22-16-8-3-9-17-22)29-24-19-11-10-18-23(24)27-28-29/h1-19,25,30H/t25-/m1/s1. The number of thioether (sulfide) groups is 1. The first-order chi connectivity index (χ1) is 15.3. The smallest absolute Gasteiger partial charge is 0.147 e. The van der Waals surface area contributed by atoms with Gasteiger partial charge in [-0.25, -0.2) is 4.68 Å². The molecule has 1 N–H and O–H groups in total. The molecule has 0 saturated heterocycles. The first-order valence-electron chi connectivity index (χ1n) is 10.1. The summed E-state index contributed by atoms with van der Waals surface area (Å²) in [6.07, 6.45) is 0. The maximum atomic E-state index is 12.5. The second-order valence-electron chi connectivity index (χ2n) is 7.30. The highest BCUT2D eigenvalue weighted by atomic mass is 32.2. The predicted molar refractivity (Wildman–Crippen MR) is 125 cm³/mol. The van der Waals surface area contributed by atoms with Gasteiger partial charge in [0, 0.05) is 4.90 Å². The average Bonchev–Trinajstić information content (AvgIpc) is 3.28. The van der Waals surface area contributed by atoms with Gasteiger partial charge in [-0.2, -0.15) is 0 Å². The van der Waals surface area contributed by atoms with Gasteiger partial charge in [-0.3, -0.25) is 0 Å². The van der Waals surface area contributed by atoms with Crippen molar-refractivity contribution in [3.05, 3.63) is 126 Å². The Morgan fingerprint density at radius 3 is 1.81 bits per heavy atom. The van der Waals surface area contributed by atoms with Crippen molar-refractivity contribution >= 4 is 22.8 Å². The Balaban J connectivity index is 1.76. The number of para-hydroxylation sites is 1. The maximum Gasteiger partial charge on any atom is 0.147 e. The molecule has 4 aromatic carbocycles. The fraction of sp³-hybridized carbons (Fsp3) is 0.0769. The van der Waals surface area contributed by atoms with Crippen molar-refractivity contribution in [1.29, 1.82) is 0 Å². The quantitative estimate of drug-likeness (QED) is 0.358. The third kappa shape index (κ3) is 3.63. The lowest BCUT2D eigenvalue weighted by molar-refractivity contribution is 0.0538. The molecule has 5 heteroatoms. The van der Waals surface area contributed by atoms with Gasteiger partial charge in [0.25, 0.3) is 0 Å². The maximum absolute atomic E-state index is 12.5. The van der Waals surface area contributed by atoms with E-state index in [0.29, 0.717) is 0 Å². The van der Waals surface area contributed by atoms with Gasteiger partial charge in [-0.05, 0) is 35.4 Å². The molecule has 0 amide bonds. The summed E-state index contributed by atoms with van der Waals surface area (Å²) >= 11 is 1.57. The highest BCUT2D eigenvalue weighted by Crippen LogP contribution is 2.48. The number of fused-ring (bicyclic) bond motifs is 1. The van der Waals surface area contributed by atoms with E-state index in [1.54, 1.807) is 11.8 Å². The molecule has 0 bridgehead atoms. The summed E-state index contributed by atoms with van der Waals surface area (Å²) in [6.45, 7) is 0. The minimum Gasteiger partial charge on any atom is -0.377 e.